The van der Waals surface area contributed by atoms with Crippen LogP contribution in [0.15, 0.2) is 106 Å². The Hall–Kier alpha value is -5.32. The average Bonchev–Trinajstić information content (AvgIpc) is 4.25. The lowest BCUT2D eigenvalue weighted by atomic mass is 9.66. The predicted molar refractivity (Wildman–Crippen MR) is 314 cm³/mol. The van der Waals surface area contributed by atoms with Crippen molar-refractivity contribution >= 4 is 23.5 Å². The highest BCUT2D eigenvalue weighted by molar-refractivity contribution is 6.33. The molecule has 3 fully saturated rings. The van der Waals surface area contributed by atoms with Gasteiger partial charge < -0.3 is 57.5 Å². The first-order valence-corrected chi connectivity index (χ1v) is 30.8. The minimum absolute atomic E-state index is 0.0109. The fourth-order valence-electron chi connectivity index (χ4n) is 16.0. The summed E-state index contributed by atoms with van der Waals surface area (Å²) in [5, 5.41) is 35.9. The van der Waals surface area contributed by atoms with Gasteiger partial charge >= 0.3 is 5.97 Å². The number of cyclic esters (lactones) is 1. The summed E-state index contributed by atoms with van der Waals surface area (Å²) in [6.45, 7) is 6.66. The molecule has 10 N–H and O–H groups in total. The SMILES string of the molecule is CN=C1NCCC[C@@](C/C(C)=C/C[C@@]23O[C@@]24C(=O)O[C@H](CCCO)[C@H]2C[C@@H]5C(=C[C@H]2NCC2CCCCC2)C=CC[C@H]5CCCC[C@](C)(CC2=CNC(N)C=C2)Cc2cccc(c2C4=O)C3=O)(C2=CCNC3=C2CC[C@H](NC)N3)N1. The fraction of sp³-hybridized carbons (Fsp3) is 0.631. The van der Waals surface area contributed by atoms with Crippen molar-refractivity contribution < 1.29 is 29.0 Å². The van der Waals surface area contributed by atoms with E-state index < -0.39 is 34.6 Å². The summed E-state index contributed by atoms with van der Waals surface area (Å²) in [5.74, 6) is 1.29. The van der Waals surface area contributed by atoms with E-state index in [4.69, 9.17) is 15.2 Å². The normalized spacial score (nSPS) is 36.0. The van der Waals surface area contributed by atoms with Crippen LogP contribution in [-0.2, 0) is 20.7 Å². The van der Waals surface area contributed by atoms with Crippen LogP contribution < -0.4 is 43.0 Å². The van der Waals surface area contributed by atoms with E-state index in [1.807, 2.05) is 37.5 Å². The smallest absolute Gasteiger partial charge is 0.350 e. The number of aliphatic imine (C=N–C) groups is 1. The first-order valence-electron chi connectivity index (χ1n) is 30.8. The number of aliphatic hydroxyl groups excluding tert-OH is 1. The number of carbonyl (C=O) groups excluding carboxylic acids is 3. The number of nitrogens with zero attached hydrogens (tertiary/aromatic N) is 1. The van der Waals surface area contributed by atoms with E-state index in [0.717, 1.165) is 112 Å². The number of aliphatic hydroxyl groups is 1. The summed E-state index contributed by atoms with van der Waals surface area (Å²) >= 11 is 0. The van der Waals surface area contributed by atoms with Crippen molar-refractivity contribution in [2.24, 2.45) is 39.8 Å². The summed E-state index contributed by atoms with van der Waals surface area (Å²) in [6, 6.07) is 5.55. The van der Waals surface area contributed by atoms with Crippen LogP contribution in [0.3, 0.4) is 0 Å². The molecule has 0 aromatic heterocycles. The number of ketones is 2. The number of hydrogen-bond donors (Lipinski definition) is 9. The number of ether oxygens (including phenoxy) is 2. The Labute approximate surface area is 475 Å². The van der Waals surface area contributed by atoms with Gasteiger partial charge in [-0.3, -0.25) is 14.6 Å². The Morgan fingerprint density at radius 1 is 1.01 bits per heavy atom. The lowest BCUT2D eigenvalue weighted by molar-refractivity contribution is -0.158. The molecule has 1 aromatic rings. The molecule has 1 aromatic carbocycles. The molecule has 0 radical (unpaired) electrons. The number of Topliss-reactive ketones (excluding diaryl/α,β-unsaturated/α-hetero) is 2. The first kappa shape index (κ1) is 56.5. The van der Waals surface area contributed by atoms with Crippen molar-refractivity contribution in [3.63, 3.8) is 0 Å². The quantitative estimate of drug-likeness (QED) is 0.0375. The van der Waals surface area contributed by atoms with Crippen LogP contribution in [0.2, 0.25) is 0 Å². The standard InChI is InChI=1S/C65H91N9O6/c1-41(36-63(29-13-31-70-61(68-4)74-63)51-27-32-69-59-47(51)23-25-55(67-3)73-59)26-30-64-57(76)48-20-11-19-46-38-62(2,37-43-22-24-54(66)72-40-43)28-9-8-16-44-17-10-18-45-34-52(71-39-42-14-6-5-7-15-42)50(35-49(44)45)53(21-12-33-75)79-60(78)65(64,80-64)58(77)56(46)48/h10-11,18-20,22,24,26-27,34,40,42,44,49-50,52-55,67,69,71-73,75H,5-9,12-17,21,23,25,28-33,35-39,66H2,1-4H3,(H2,68,70,74)/b41-26+/t44-,49+,50+,52-,53-,54?,55-,62-,63-,64+,65+/m1/s1. The average molecular weight is 1090 g/mol. The Kier molecular flexibility index (Phi) is 16.9. The second-order valence-electron chi connectivity index (χ2n) is 25.7. The third kappa shape index (κ3) is 11.1. The third-order valence-electron chi connectivity index (χ3n) is 20.2. The van der Waals surface area contributed by atoms with E-state index in [1.54, 1.807) is 13.1 Å². The van der Waals surface area contributed by atoms with Crippen LogP contribution in [0.4, 0.5) is 0 Å². The van der Waals surface area contributed by atoms with E-state index in [9.17, 15) is 5.11 Å². The van der Waals surface area contributed by atoms with Crippen LogP contribution in [0, 0.1) is 29.1 Å². The third-order valence-corrected chi connectivity index (χ3v) is 20.2. The van der Waals surface area contributed by atoms with Gasteiger partial charge in [0.25, 0.3) is 5.60 Å². The molecule has 1 unspecified atom stereocenters. The highest BCUT2D eigenvalue weighted by Gasteiger charge is 2.85. The lowest BCUT2D eigenvalue weighted by Gasteiger charge is -2.43. The maximum Gasteiger partial charge on any atom is 0.350 e. The van der Waals surface area contributed by atoms with Crippen molar-refractivity contribution in [3.05, 3.63) is 117 Å². The number of nitrogens with two attached hydrogens (primary N) is 1. The summed E-state index contributed by atoms with van der Waals surface area (Å²) in [5.41, 5.74) is 8.63. The summed E-state index contributed by atoms with van der Waals surface area (Å²) in [6.07, 6.45) is 35.1. The molecule has 15 heteroatoms. The Balaban J connectivity index is 0.987. The highest BCUT2D eigenvalue weighted by atomic mass is 16.7. The number of epoxide rings is 1. The number of guanidine groups is 1. The van der Waals surface area contributed by atoms with Crippen molar-refractivity contribution in [2.45, 2.75) is 190 Å². The van der Waals surface area contributed by atoms with Gasteiger partial charge in [0, 0.05) is 62.5 Å². The van der Waals surface area contributed by atoms with Crippen LogP contribution in [0.25, 0.3) is 0 Å². The zero-order chi connectivity index (χ0) is 55.7. The van der Waals surface area contributed by atoms with E-state index in [0.29, 0.717) is 49.6 Å². The number of esters is 1. The highest BCUT2D eigenvalue weighted by Crippen LogP contribution is 2.60. The Morgan fingerprint density at radius 3 is 2.66 bits per heavy atom. The second-order valence-corrected chi connectivity index (χ2v) is 25.7. The van der Waals surface area contributed by atoms with Crippen LogP contribution in [0.5, 0.6) is 0 Å². The molecule has 80 heavy (non-hydrogen) atoms. The van der Waals surface area contributed by atoms with E-state index in [1.165, 1.54) is 48.8 Å². The summed E-state index contributed by atoms with van der Waals surface area (Å²) in [7, 11) is 3.79. The number of fused-ring (bicyclic) bond motifs is 1. The molecule has 4 bridgehead atoms. The second kappa shape index (κ2) is 23.9. The predicted octanol–water partition coefficient (Wildman–Crippen LogP) is 7.87. The maximum absolute atomic E-state index is 16.2. The van der Waals surface area contributed by atoms with Gasteiger partial charge in [-0.25, -0.2) is 4.79 Å². The molecule has 1 spiro atoms. The fourth-order valence-corrected chi connectivity index (χ4v) is 16.0. The number of nitrogens with one attached hydrogen (secondary N) is 7. The number of carbonyl (C=O) groups is 3. The molecular weight excluding hydrogens is 1000 g/mol. The number of hydrogen-bond acceptors (Lipinski definition) is 13. The minimum atomic E-state index is -2.20. The molecule has 6 heterocycles. The van der Waals surface area contributed by atoms with Gasteiger partial charge in [-0.1, -0.05) is 99.3 Å². The van der Waals surface area contributed by atoms with Crippen molar-refractivity contribution in [1.82, 2.24) is 37.2 Å². The molecule has 10 aliphatic rings. The van der Waals surface area contributed by atoms with Crippen LogP contribution in [0.1, 0.15) is 169 Å². The molecule has 15 nitrogen and oxygen atoms in total. The van der Waals surface area contributed by atoms with E-state index in [-0.39, 0.29) is 60.0 Å². The topological polar surface area (TPSA) is 216 Å². The maximum atomic E-state index is 16.2. The van der Waals surface area contributed by atoms with Crippen LogP contribution >= 0.6 is 0 Å². The van der Waals surface area contributed by atoms with Crippen molar-refractivity contribution in [1.29, 1.82) is 0 Å². The van der Waals surface area contributed by atoms with Gasteiger partial charge in [-0.05, 0) is 174 Å². The largest absolute Gasteiger partial charge is 0.459 e. The minimum Gasteiger partial charge on any atom is -0.459 e. The Bertz CT molecular complexity index is 2790. The number of allylic oxidation sites excluding steroid dienone is 5. The molecule has 6 aliphatic heterocycles. The molecule has 11 atom stereocenters. The molecule has 432 valence electrons. The first-order chi connectivity index (χ1) is 38.8. The van der Waals surface area contributed by atoms with E-state index in [2.05, 4.69) is 86.4 Å². The van der Waals surface area contributed by atoms with Crippen molar-refractivity contribution in [2.75, 3.05) is 40.3 Å². The zero-order valence-electron chi connectivity index (χ0n) is 48.2. The van der Waals surface area contributed by atoms with Crippen LogP contribution in [-0.4, -0.2) is 110 Å². The number of benzene rings is 1. The van der Waals surface area contributed by atoms with E-state index >= 15 is 14.4 Å². The lowest BCUT2D eigenvalue weighted by Crippen LogP contribution is -2.55. The molecule has 4 aliphatic carbocycles. The molecular formula is C65H91N9O6. The van der Waals surface area contributed by atoms with Gasteiger partial charge in [0.2, 0.25) is 5.78 Å². The van der Waals surface area contributed by atoms with Gasteiger partial charge in [0.1, 0.15) is 11.9 Å². The molecule has 11 rings (SSSR count). The number of dihydropyridines is 2. The summed E-state index contributed by atoms with van der Waals surface area (Å²) < 4.78 is 13.8. The van der Waals surface area contributed by atoms with Crippen molar-refractivity contribution in [3.8, 4) is 0 Å². The van der Waals surface area contributed by atoms with Gasteiger partial charge in [0.15, 0.2) is 17.3 Å². The monoisotopic (exact) mass is 1090 g/mol. The Morgan fingerprint density at radius 2 is 1.86 bits per heavy atom. The molecule has 1 saturated carbocycles. The van der Waals surface area contributed by atoms with Gasteiger partial charge in [0.05, 0.1) is 17.9 Å². The molecule has 0 amide bonds. The van der Waals surface area contributed by atoms with Gasteiger partial charge in [-0.15, -0.1) is 0 Å². The van der Waals surface area contributed by atoms with Gasteiger partial charge in [-0.2, -0.15) is 0 Å². The number of rotatable bonds is 14. The molecule has 2 saturated heterocycles. The zero-order valence-corrected chi connectivity index (χ0v) is 48.2. The summed E-state index contributed by atoms with van der Waals surface area (Å²) in [4.78, 5) is 52.6.